The van der Waals surface area contributed by atoms with Gasteiger partial charge in [0.2, 0.25) is 0 Å². The first kappa shape index (κ1) is 13.8. The molecule has 0 spiro atoms. The molecule has 0 amide bonds. The first-order chi connectivity index (χ1) is 9.28. The van der Waals surface area contributed by atoms with Crippen molar-refractivity contribution in [1.29, 1.82) is 0 Å². The molecule has 0 saturated carbocycles. The van der Waals surface area contributed by atoms with Gasteiger partial charge in [-0.2, -0.15) is 0 Å². The summed E-state index contributed by atoms with van der Waals surface area (Å²) in [6.07, 6.45) is 2.88. The molecule has 1 N–H and O–H groups in total. The van der Waals surface area contributed by atoms with Gasteiger partial charge in [-0.05, 0) is 31.5 Å². The topological polar surface area (TPSA) is 50.7 Å². The van der Waals surface area contributed by atoms with Crippen LogP contribution < -0.4 is 5.32 Å². The quantitative estimate of drug-likeness (QED) is 0.647. The highest BCUT2D eigenvalue weighted by Crippen LogP contribution is 2.18. The maximum atomic E-state index is 4.56. The number of hydrogen-bond acceptors (Lipinski definition) is 5. The zero-order valence-corrected chi connectivity index (χ0v) is 12.1. The lowest BCUT2D eigenvalue weighted by Crippen LogP contribution is -2.02. The predicted octanol–water partition coefficient (Wildman–Crippen LogP) is 3.29. The van der Waals surface area contributed by atoms with E-state index in [0.29, 0.717) is 0 Å². The Labute approximate surface area is 118 Å². The molecule has 19 heavy (non-hydrogen) atoms. The van der Waals surface area contributed by atoms with E-state index in [4.69, 9.17) is 0 Å². The van der Waals surface area contributed by atoms with E-state index in [1.54, 1.807) is 18.0 Å². The molecule has 100 valence electrons. The van der Waals surface area contributed by atoms with Crippen LogP contribution in [0.5, 0.6) is 0 Å². The van der Waals surface area contributed by atoms with Gasteiger partial charge < -0.3 is 5.32 Å². The van der Waals surface area contributed by atoms with Gasteiger partial charge in [-0.1, -0.05) is 24.8 Å². The van der Waals surface area contributed by atoms with E-state index in [1.807, 2.05) is 31.2 Å². The minimum absolute atomic E-state index is 0.783. The first-order valence-electron chi connectivity index (χ1n) is 6.40. The monoisotopic (exact) mass is 274 g/mol. The Kier molecular flexibility index (Phi) is 5.15. The van der Waals surface area contributed by atoms with E-state index < -0.39 is 0 Å². The van der Waals surface area contributed by atoms with Crippen LogP contribution in [0.2, 0.25) is 0 Å². The van der Waals surface area contributed by atoms with Crippen LogP contribution in [-0.2, 0) is 5.75 Å². The fourth-order valence-electron chi connectivity index (χ4n) is 1.55. The third-order valence-electron chi connectivity index (χ3n) is 2.48. The molecule has 0 radical (unpaired) electrons. The van der Waals surface area contributed by atoms with Crippen LogP contribution in [0.1, 0.15) is 24.7 Å². The average molecular weight is 274 g/mol. The van der Waals surface area contributed by atoms with Gasteiger partial charge in [-0.3, -0.25) is 0 Å². The van der Waals surface area contributed by atoms with Gasteiger partial charge in [-0.15, -0.1) is 0 Å². The van der Waals surface area contributed by atoms with E-state index in [2.05, 4.69) is 27.2 Å². The molecule has 5 heteroatoms. The fourth-order valence-corrected chi connectivity index (χ4v) is 2.33. The van der Waals surface area contributed by atoms with Gasteiger partial charge >= 0.3 is 0 Å². The second-order valence-corrected chi connectivity index (χ2v) is 5.15. The minimum Gasteiger partial charge on any atom is -0.370 e. The highest BCUT2D eigenvalue weighted by Gasteiger charge is 2.01. The highest BCUT2D eigenvalue weighted by molar-refractivity contribution is 7.98. The highest BCUT2D eigenvalue weighted by atomic mass is 32.2. The number of anilines is 1. The Bertz CT molecular complexity index is 530. The number of nitrogens with zero attached hydrogens (tertiary/aromatic N) is 3. The summed E-state index contributed by atoms with van der Waals surface area (Å²) in [5.41, 5.74) is 2.03. The Morgan fingerprint density at radius 3 is 2.89 bits per heavy atom. The summed E-state index contributed by atoms with van der Waals surface area (Å²) >= 11 is 1.61. The van der Waals surface area contributed by atoms with E-state index in [0.717, 1.165) is 41.1 Å². The summed E-state index contributed by atoms with van der Waals surface area (Å²) in [4.78, 5) is 13.2. The molecule has 4 nitrogen and oxygen atoms in total. The molecule has 0 bridgehead atoms. The van der Waals surface area contributed by atoms with Gasteiger partial charge in [0.05, 0.1) is 5.69 Å². The zero-order valence-electron chi connectivity index (χ0n) is 11.3. The SMILES string of the molecule is CCCNc1cccc(CSc2nccc(C)n2)n1. The van der Waals surface area contributed by atoms with Gasteiger partial charge in [0.15, 0.2) is 5.16 Å². The van der Waals surface area contributed by atoms with Crippen LogP contribution in [0, 0.1) is 6.92 Å². The summed E-state index contributed by atoms with van der Waals surface area (Å²) in [6.45, 7) is 5.06. The van der Waals surface area contributed by atoms with Gasteiger partial charge in [0.1, 0.15) is 5.82 Å². The van der Waals surface area contributed by atoms with Gasteiger partial charge in [-0.25, -0.2) is 15.0 Å². The summed E-state index contributed by atoms with van der Waals surface area (Å²) in [5.74, 6) is 1.72. The Balaban J connectivity index is 1.95. The van der Waals surface area contributed by atoms with Crippen molar-refractivity contribution in [2.75, 3.05) is 11.9 Å². The van der Waals surface area contributed by atoms with Crippen molar-refractivity contribution in [2.45, 2.75) is 31.2 Å². The largest absolute Gasteiger partial charge is 0.370 e. The van der Waals surface area contributed by atoms with Crippen molar-refractivity contribution in [2.24, 2.45) is 0 Å². The maximum Gasteiger partial charge on any atom is 0.188 e. The number of aryl methyl sites for hydroxylation is 1. The lowest BCUT2D eigenvalue weighted by Gasteiger charge is -2.06. The van der Waals surface area contributed by atoms with Crippen molar-refractivity contribution in [3.8, 4) is 0 Å². The van der Waals surface area contributed by atoms with E-state index in [9.17, 15) is 0 Å². The first-order valence-corrected chi connectivity index (χ1v) is 7.38. The number of aromatic nitrogens is 3. The molecular formula is C14H18N4S. The van der Waals surface area contributed by atoms with Crippen LogP contribution >= 0.6 is 11.8 Å². The van der Waals surface area contributed by atoms with E-state index in [-0.39, 0.29) is 0 Å². The molecule has 0 aliphatic carbocycles. The molecule has 0 unspecified atom stereocenters. The molecule has 0 aromatic carbocycles. The van der Waals surface area contributed by atoms with Crippen LogP contribution in [-0.4, -0.2) is 21.5 Å². The van der Waals surface area contributed by atoms with Crippen LogP contribution in [0.25, 0.3) is 0 Å². The maximum absolute atomic E-state index is 4.56. The van der Waals surface area contributed by atoms with Gasteiger partial charge in [0.25, 0.3) is 0 Å². The fraction of sp³-hybridized carbons (Fsp3) is 0.357. The number of thioether (sulfide) groups is 1. The molecule has 2 aromatic rings. The zero-order chi connectivity index (χ0) is 13.5. The van der Waals surface area contributed by atoms with Crippen LogP contribution in [0.15, 0.2) is 35.6 Å². The standard InChI is InChI=1S/C14H18N4S/c1-3-8-15-13-6-4-5-12(18-13)10-19-14-16-9-7-11(2)17-14/h4-7,9H,3,8,10H2,1-2H3,(H,15,18). The second-order valence-electron chi connectivity index (χ2n) is 4.21. The molecule has 0 fully saturated rings. The lowest BCUT2D eigenvalue weighted by atomic mass is 10.3. The smallest absolute Gasteiger partial charge is 0.188 e. The molecule has 0 saturated heterocycles. The molecule has 0 aliphatic heterocycles. The molecule has 2 aromatic heterocycles. The third kappa shape index (κ3) is 4.52. The number of rotatable bonds is 6. The van der Waals surface area contributed by atoms with E-state index >= 15 is 0 Å². The third-order valence-corrected chi connectivity index (χ3v) is 3.38. The second kappa shape index (κ2) is 7.09. The minimum atomic E-state index is 0.783. The number of nitrogens with one attached hydrogen (secondary N) is 1. The molecule has 0 atom stereocenters. The lowest BCUT2D eigenvalue weighted by molar-refractivity contribution is 0.930. The molecule has 2 heterocycles. The van der Waals surface area contributed by atoms with Crippen LogP contribution in [0.3, 0.4) is 0 Å². The van der Waals surface area contributed by atoms with Crippen molar-refractivity contribution in [1.82, 2.24) is 15.0 Å². The normalized spacial score (nSPS) is 10.4. The van der Waals surface area contributed by atoms with E-state index in [1.165, 1.54) is 0 Å². The molecular weight excluding hydrogens is 256 g/mol. The molecule has 0 aliphatic rings. The number of hydrogen-bond donors (Lipinski definition) is 1. The summed E-state index contributed by atoms with van der Waals surface area (Å²) < 4.78 is 0. The Morgan fingerprint density at radius 1 is 1.21 bits per heavy atom. The van der Waals surface area contributed by atoms with Crippen LogP contribution in [0.4, 0.5) is 5.82 Å². The summed E-state index contributed by atoms with van der Waals surface area (Å²) in [6, 6.07) is 7.95. The number of pyridine rings is 1. The average Bonchev–Trinajstić information content (AvgIpc) is 2.43. The van der Waals surface area contributed by atoms with Crippen molar-refractivity contribution < 1.29 is 0 Å². The van der Waals surface area contributed by atoms with Gasteiger partial charge in [0, 0.05) is 24.2 Å². The van der Waals surface area contributed by atoms with Crippen molar-refractivity contribution in [3.05, 3.63) is 41.9 Å². The molecule has 2 rings (SSSR count). The Hall–Kier alpha value is -1.62. The Morgan fingerprint density at radius 2 is 2.11 bits per heavy atom. The predicted molar refractivity (Wildman–Crippen MR) is 79.3 cm³/mol. The summed E-state index contributed by atoms with van der Waals surface area (Å²) in [7, 11) is 0. The van der Waals surface area contributed by atoms with Crippen molar-refractivity contribution in [3.63, 3.8) is 0 Å². The van der Waals surface area contributed by atoms with Crippen molar-refractivity contribution >= 4 is 17.6 Å². The summed E-state index contributed by atoms with van der Waals surface area (Å²) in [5, 5.41) is 4.09.